The van der Waals surface area contributed by atoms with E-state index in [2.05, 4.69) is 81.2 Å². The Bertz CT molecular complexity index is 868. The van der Waals surface area contributed by atoms with Gasteiger partial charge in [-0.1, -0.05) is 34.1 Å². The highest BCUT2D eigenvalue weighted by molar-refractivity contribution is 9.10. The molecule has 0 fully saturated rings. The molecule has 0 aliphatic heterocycles. The van der Waals surface area contributed by atoms with Crippen LogP contribution < -0.4 is 0 Å². The molecule has 1 nitrogen and oxygen atoms in total. The first-order valence-electron chi connectivity index (χ1n) is 6.50. The summed E-state index contributed by atoms with van der Waals surface area (Å²) in [6.45, 7) is 0. The van der Waals surface area contributed by atoms with Gasteiger partial charge in [0.25, 0.3) is 0 Å². The van der Waals surface area contributed by atoms with Gasteiger partial charge in [0.15, 0.2) is 5.69 Å². The molecule has 4 rings (SSSR count). The second-order valence-electron chi connectivity index (χ2n) is 4.78. The summed E-state index contributed by atoms with van der Waals surface area (Å²) in [4.78, 5) is 0. The van der Waals surface area contributed by atoms with Gasteiger partial charge in [-0.25, -0.2) is 0 Å². The first-order chi connectivity index (χ1) is 9.84. The molecule has 0 saturated carbocycles. The lowest BCUT2D eigenvalue weighted by Crippen LogP contribution is -1.97. The molecule has 0 radical (unpaired) electrons. The maximum Gasteiger partial charge on any atom is 0.168 e. The average Bonchev–Trinajstić information content (AvgIpc) is 2.82. The van der Waals surface area contributed by atoms with Crippen LogP contribution >= 0.6 is 15.9 Å². The molecule has 0 unspecified atom stereocenters. The first-order valence-corrected chi connectivity index (χ1v) is 7.29. The van der Waals surface area contributed by atoms with Crippen LogP contribution in [-0.2, 0) is 0 Å². The minimum atomic E-state index is 1.09. The van der Waals surface area contributed by atoms with E-state index in [9.17, 15) is 0 Å². The molecule has 0 atom stereocenters. The Morgan fingerprint density at radius 1 is 1.00 bits per heavy atom. The van der Waals surface area contributed by atoms with Crippen molar-refractivity contribution in [2.45, 2.75) is 0 Å². The fourth-order valence-electron chi connectivity index (χ4n) is 2.75. The molecule has 0 saturated heterocycles. The van der Waals surface area contributed by atoms with Crippen molar-refractivity contribution in [2.75, 3.05) is 0 Å². The molecule has 1 aromatic heterocycles. The summed E-state index contributed by atoms with van der Waals surface area (Å²) in [5.74, 6) is 0. The van der Waals surface area contributed by atoms with Crippen molar-refractivity contribution in [1.29, 1.82) is 0 Å². The largest absolute Gasteiger partial charge is 0.286 e. The Hall–Kier alpha value is -2.15. The number of benzene rings is 2. The Balaban J connectivity index is 2.14. The minimum absolute atomic E-state index is 1.09. The molecule has 3 aromatic rings. The maximum absolute atomic E-state index is 3.56. The summed E-state index contributed by atoms with van der Waals surface area (Å²) in [7, 11) is 0. The summed E-state index contributed by atoms with van der Waals surface area (Å²) in [5.41, 5.74) is 4.84. The van der Waals surface area contributed by atoms with Gasteiger partial charge in [0, 0.05) is 16.2 Å². The van der Waals surface area contributed by atoms with Gasteiger partial charge in [-0.05, 0) is 30.3 Å². The van der Waals surface area contributed by atoms with E-state index in [1.807, 2.05) is 12.1 Å². The summed E-state index contributed by atoms with van der Waals surface area (Å²) in [5, 5.41) is 1.26. The summed E-state index contributed by atoms with van der Waals surface area (Å²) >= 11 is 3.56. The molecular weight excluding hydrogens is 310 g/mol. The topological polar surface area (TPSA) is 4.93 Å². The summed E-state index contributed by atoms with van der Waals surface area (Å²) in [6.07, 6.45) is 9.33. The third kappa shape index (κ3) is 1.66. The second-order valence-corrected chi connectivity index (χ2v) is 5.69. The van der Waals surface area contributed by atoms with E-state index in [-0.39, 0.29) is 0 Å². The lowest BCUT2D eigenvalue weighted by molar-refractivity contribution is 1.10. The van der Waals surface area contributed by atoms with Crippen molar-refractivity contribution in [3.05, 3.63) is 76.4 Å². The van der Waals surface area contributed by atoms with Crippen LogP contribution in [0.15, 0.2) is 59.1 Å². The highest BCUT2D eigenvalue weighted by Gasteiger charge is 2.22. The normalized spacial score (nSPS) is 12.4. The molecule has 94 valence electrons. The van der Waals surface area contributed by atoms with Crippen LogP contribution in [0.5, 0.6) is 0 Å². The number of rotatable bonds is 1. The van der Waals surface area contributed by atoms with Crippen LogP contribution in [-0.4, -0.2) is 4.57 Å². The van der Waals surface area contributed by atoms with Gasteiger partial charge < -0.3 is 0 Å². The fraction of sp³-hybridized carbons (Fsp3) is 0. The van der Waals surface area contributed by atoms with Crippen molar-refractivity contribution in [3.63, 3.8) is 0 Å². The van der Waals surface area contributed by atoms with E-state index >= 15 is 0 Å². The van der Waals surface area contributed by atoms with Crippen molar-refractivity contribution >= 4 is 39.0 Å². The molecule has 1 aliphatic carbocycles. The van der Waals surface area contributed by atoms with Crippen molar-refractivity contribution < 1.29 is 0 Å². The molecule has 0 amide bonds. The average molecular weight is 321 g/mol. The molecule has 2 aromatic carbocycles. The van der Waals surface area contributed by atoms with E-state index in [0.717, 1.165) is 10.2 Å². The zero-order chi connectivity index (χ0) is 13.5. The Morgan fingerprint density at radius 3 is 2.80 bits per heavy atom. The third-order valence-electron chi connectivity index (χ3n) is 3.58. The molecular formula is C18H11BrN+. The van der Waals surface area contributed by atoms with Gasteiger partial charge in [-0.15, -0.1) is 0 Å². The Morgan fingerprint density at radius 2 is 1.90 bits per heavy atom. The van der Waals surface area contributed by atoms with Crippen molar-refractivity contribution in [1.82, 2.24) is 4.57 Å². The number of allylic oxidation sites excluding steroid dienone is 2. The lowest BCUT2D eigenvalue weighted by Gasteiger charge is -2.07. The zero-order valence-electron chi connectivity index (χ0n) is 10.7. The number of para-hydroxylation sites is 1. The predicted molar refractivity (Wildman–Crippen MR) is 87.7 cm³/mol. The van der Waals surface area contributed by atoms with Crippen LogP contribution in [0.25, 0.3) is 28.7 Å². The minimum Gasteiger partial charge on any atom is -0.286 e. The number of hydrogen-bond acceptors (Lipinski definition) is 0. The first kappa shape index (κ1) is 11.7. The molecule has 1 aliphatic rings. The van der Waals surface area contributed by atoms with E-state index in [4.69, 9.17) is 0 Å². The Labute approximate surface area is 126 Å². The van der Waals surface area contributed by atoms with Crippen LogP contribution in [0, 0.1) is 6.08 Å². The predicted octanol–water partition coefficient (Wildman–Crippen LogP) is 5.24. The summed E-state index contributed by atoms with van der Waals surface area (Å²) in [6, 6.07) is 16.9. The highest BCUT2D eigenvalue weighted by Crippen LogP contribution is 2.33. The van der Waals surface area contributed by atoms with Crippen LogP contribution in [0.3, 0.4) is 0 Å². The standard InChI is InChI=1S/C18H11BrN/c19-13-6-5-7-14(12-13)20-17-10-3-1-8-15(17)16-9-2-4-11-18(16)20/h1,3-12H/q+1. The highest BCUT2D eigenvalue weighted by atomic mass is 79.9. The van der Waals surface area contributed by atoms with Gasteiger partial charge in [-0.2, -0.15) is 0 Å². The maximum atomic E-state index is 3.56. The number of nitrogens with zero attached hydrogens (tertiary/aromatic N) is 1. The third-order valence-corrected chi connectivity index (χ3v) is 4.08. The molecule has 0 spiro atoms. The van der Waals surface area contributed by atoms with Crippen LogP contribution in [0.4, 0.5) is 0 Å². The van der Waals surface area contributed by atoms with E-state index in [1.165, 1.54) is 22.2 Å². The van der Waals surface area contributed by atoms with Crippen LogP contribution in [0.1, 0.15) is 11.3 Å². The van der Waals surface area contributed by atoms with Gasteiger partial charge >= 0.3 is 0 Å². The van der Waals surface area contributed by atoms with Gasteiger partial charge in [-0.3, -0.25) is 4.57 Å². The van der Waals surface area contributed by atoms with Gasteiger partial charge in [0.1, 0.15) is 17.7 Å². The Kier molecular flexibility index (Phi) is 2.59. The second kappa shape index (κ2) is 4.45. The monoisotopic (exact) mass is 320 g/mol. The summed E-state index contributed by atoms with van der Waals surface area (Å²) < 4.78 is 3.38. The van der Waals surface area contributed by atoms with Gasteiger partial charge in [0.2, 0.25) is 0 Å². The number of hydrogen-bond donors (Lipinski definition) is 0. The molecule has 1 heterocycles. The molecule has 0 N–H and O–H groups in total. The smallest absolute Gasteiger partial charge is 0.168 e. The number of fused-ring (bicyclic) bond motifs is 3. The van der Waals surface area contributed by atoms with E-state index in [0.29, 0.717) is 0 Å². The molecule has 0 bridgehead atoms. The molecule has 2 heteroatoms. The molecule has 20 heavy (non-hydrogen) atoms. The lowest BCUT2D eigenvalue weighted by atomic mass is 10.1. The quantitative estimate of drug-likeness (QED) is 0.540. The van der Waals surface area contributed by atoms with Crippen LogP contribution in [0.2, 0.25) is 0 Å². The zero-order valence-corrected chi connectivity index (χ0v) is 12.3. The van der Waals surface area contributed by atoms with Crippen molar-refractivity contribution in [3.8, 4) is 5.69 Å². The van der Waals surface area contributed by atoms with Crippen molar-refractivity contribution in [2.24, 2.45) is 0 Å². The number of halogens is 1. The van der Waals surface area contributed by atoms with E-state index < -0.39 is 0 Å². The van der Waals surface area contributed by atoms with Gasteiger partial charge in [0.05, 0.1) is 17.0 Å². The van der Waals surface area contributed by atoms with E-state index in [1.54, 1.807) is 0 Å². The fourth-order valence-corrected chi connectivity index (χ4v) is 3.14. The number of aromatic nitrogens is 1. The SMILES string of the molecule is Brc1cccc(-n2c3c(c4ccccc42)C=[C+]C=C3)c1.